The number of hydrogen-bond acceptors (Lipinski definition) is 5. The molecule has 0 atom stereocenters. The number of nitrogens with one attached hydrogen (secondary N) is 1. The minimum absolute atomic E-state index is 0.0765. The summed E-state index contributed by atoms with van der Waals surface area (Å²) in [4.78, 5) is 24.0. The first kappa shape index (κ1) is 19.4. The van der Waals surface area contributed by atoms with Crippen LogP contribution >= 0.6 is 0 Å². The Morgan fingerprint density at radius 1 is 1.21 bits per heavy atom. The van der Waals surface area contributed by atoms with Gasteiger partial charge in [-0.25, -0.2) is 4.79 Å². The second-order valence-electron chi connectivity index (χ2n) is 5.88. The molecule has 0 aliphatic rings. The Kier molecular flexibility index (Phi) is 5.93. The highest BCUT2D eigenvalue weighted by molar-refractivity contribution is 5.76. The maximum atomic E-state index is 12.4. The molecule has 1 N–H and O–H groups in total. The number of aryl methyl sites for hydroxylation is 1. The summed E-state index contributed by atoms with van der Waals surface area (Å²) in [7, 11) is 1.34. The molecule has 3 rings (SSSR count). The molecule has 0 aliphatic heterocycles. The predicted molar refractivity (Wildman–Crippen MR) is 96.6 cm³/mol. The summed E-state index contributed by atoms with van der Waals surface area (Å²) in [5, 5.41) is 2.71. The van der Waals surface area contributed by atoms with Crippen molar-refractivity contribution in [3.8, 4) is 11.5 Å². The van der Waals surface area contributed by atoms with Crippen LogP contribution in [0.3, 0.4) is 0 Å². The molecule has 0 radical (unpaired) electrons. The molecular formula is C19H18F2N2O5. The smallest absolute Gasteiger partial charge is 0.419 e. The van der Waals surface area contributed by atoms with Gasteiger partial charge >= 0.3 is 12.4 Å². The van der Waals surface area contributed by atoms with Crippen LogP contribution in [0, 0.1) is 0 Å². The van der Waals surface area contributed by atoms with E-state index in [1.165, 1.54) is 23.8 Å². The van der Waals surface area contributed by atoms with Gasteiger partial charge in [-0.15, -0.1) is 0 Å². The standard InChI is InChI=1S/C19H18F2N2O5/c1-26-16-10-12(6-7-15(16)27-18(20)21)11-22-17(24)8-9-23-13-4-2-3-5-14(13)28-19(23)25/h2-7,10,18H,8-9,11H2,1H3,(H,22,24). The molecule has 1 aromatic heterocycles. The average Bonchev–Trinajstić information content (AvgIpc) is 3.00. The second-order valence-corrected chi connectivity index (χ2v) is 5.88. The van der Waals surface area contributed by atoms with Crippen LogP contribution in [0.25, 0.3) is 11.1 Å². The third-order valence-electron chi connectivity index (χ3n) is 4.07. The summed E-state index contributed by atoms with van der Waals surface area (Å²) in [5.74, 6) is -0.736. The van der Waals surface area contributed by atoms with Crippen LogP contribution in [0.5, 0.6) is 11.5 Å². The number of methoxy groups -OCH3 is 1. The van der Waals surface area contributed by atoms with E-state index in [9.17, 15) is 18.4 Å². The number of halogens is 2. The largest absolute Gasteiger partial charge is 0.493 e. The third-order valence-corrected chi connectivity index (χ3v) is 4.07. The minimum Gasteiger partial charge on any atom is -0.493 e. The summed E-state index contributed by atoms with van der Waals surface area (Å²) < 4.78 is 40.6. The van der Waals surface area contributed by atoms with Crippen molar-refractivity contribution in [2.45, 2.75) is 26.1 Å². The molecule has 0 fully saturated rings. The molecule has 1 heterocycles. The van der Waals surface area contributed by atoms with Crippen LogP contribution < -0.4 is 20.5 Å². The SMILES string of the molecule is COc1cc(CNC(=O)CCn2c(=O)oc3ccccc32)ccc1OC(F)F. The van der Waals surface area contributed by atoms with E-state index in [-0.39, 0.29) is 36.9 Å². The number of rotatable bonds is 8. The van der Waals surface area contributed by atoms with Crippen molar-refractivity contribution in [1.82, 2.24) is 9.88 Å². The van der Waals surface area contributed by atoms with Crippen molar-refractivity contribution >= 4 is 17.0 Å². The molecule has 2 aromatic carbocycles. The third kappa shape index (κ3) is 4.48. The molecule has 28 heavy (non-hydrogen) atoms. The molecule has 148 valence electrons. The van der Waals surface area contributed by atoms with Crippen LogP contribution in [0.2, 0.25) is 0 Å². The number of aromatic nitrogens is 1. The molecule has 0 aliphatic carbocycles. The number of amides is 1. The van der Waals surface area contributed by atoms with Gasteiger partial charge in [-0.1, -0.05) is 18.2 Å². The van der Waals surface area contributed by atoms with Crippen LogP contribution in [0.1, 0.15) is 12.0 Å². The lowest BCUT2D eigenvalue weighted by atomic mass is 10.2. The number of ether oxygens (including phenoxy) is 2. The topological polar surface area (TPSA) is 82.7 Å². The molecule has 9 heteroatoms. The summed E-state index contributed by atoms with van der Waals surface area (Å²) in [6, 6.07) is 11.4. The number of carbonyl (C=O) groups is 1. The van der Waals surface area contributed by atoms with Gasteiger partial charge in [0.15, 0.2) is 17.1 Å². The first-order chi connectivity index (χ1) is 13.5. The number of nitrogens with zero attached hydrogens (tertiary/aromatic N) is 1. The van der Waals surface area contributed by atoms with E-state index < -0.39 is 12.4 Å². The highest BCUT2D eigenvalue weighted by Gasteiger charge is 2.13. The first-order valence-electron chi connectivity index (χ1n) is 8.44. The maximum absolute atomic E-state index is 12.4. The number of benzene rings is 2. The molecule has 1 amide bonds. The molecular weight excluding hydrogens is 374 g/mol. The zero-order valence-electron chi connectivity index (χ0n) is 15.0. The van der Waals surface area contributed by atoms with Crippen LogP contribution in [-0.2, 0) is 17.9 Å². The molecule has 7 nitrogen and oxygen atoms in total. The normalized spacial score (nSPS) is 11.0. The fourth-order valence-corrected chi connectivity index (χ4v) is 2.74. The van der Waals surface area contributed by atoms with Gasteiger partial charge in [0, 0.05) is 19.5 Å². The number of carbonyl (C=O) groups excluding carboxylic acids is 1. The number of oxazole rings is 1. The van der Waals surface area contributed by atoms with Crippen molar-refractivity contribution in [1.29, 1.82) is 0 Å². The predicted octanol–water partition coefficient (Wildman–Crippen LogP) is 2.91. The number of alkyl halides is 2. The molecule has 0 spiro atoms. The summed E-state index contributed by atoms with van der Waals surface area (Å²) >= 11 is 0. The van der Waals surface area contributed by atoms with Gasteiger partial charge in [-0.3, -0.25) is 9.36 Å². The minimum atomic E-state index is -2.96. The van der Waals surface area contributed by atoms with Gasteiger partial charge in [-0.05, 0) is 29.8 Å². The number of para-hydroxylation sites is 2. The lowest BCUT2D eigenvalue weighted by Crippen LogP contribution is -2.25. The van der Waals surface area contributed by atoms with Crippen molar-refractivity contribution < 1.29 is 27.5 Å². The van der Waals surface area contributed by atoms with Gasteiger partial charge in [0.05, 0.1) is 12.6 Å². The lowest BCUT2D eigenvalue weighted by Gasteiger charge is -2.12. The Labute approximate surface area is 158 Å². The molecule has 0 unspecified atom stereocenters. The van der Waals surface area contributed by atoms with Gasteiger partial charge in [0.1, 0.15) is 0 Å². The van der Waals surface area contributed by atoms with E-state index in [2.05, 4.69) is 10.1 Å². The van der Waals surface area contributed by atoms with Gasteiger partial charge in [0.25, 0.3) is 0 Å². The van der Waals surface area contributed by atoms with Crippen LogP contribution in [0.4, 0.5) is 8.78 Å². The Balaban J connectivity index is 1.58. The van der Waals surface area contributed by atoms with Crippen molar-refractivity contribution in [2.75, 3.05) is 7.11 Å². The zero-order valence-corrected chi connectivity index (χ0v) is 15.0. The monoisotopic (exact) mass is 392 g/mol. The Hall–Kier alpha value is -3.36. The second kappa shape index (κ2) is 8.55. The molecule has 0 saturated heterocycles. The Morgan fingerprint density at radius 3 is 2.75 bits per heavy atom. The quantitative estimate of drug-likeness (QED) is 0.637. The van der Waals surface area contributed by atoms with Gasteiger partial charge in [0.2, 0.25) is 5.91 Å². The Morgan fingerprint density at radius 2 is 2.00 bits per heavy atom. The van der Waals surface area contributed by atoms with Crippen molar-refractivity contribution in [3.63, 3.8) is 0 Å². The van der Waals surface area contributed by atoms with Crippen molar-refractivity contribution in [3.05, 3.63) is 58.6 Å². The molecule has 3 aromatic rings. The summed E-state index contributed by atoms with van der Waals surface area (Å²) in [6.45, 7) is -2.61. The zero-order chi connectivity index (χ0) is 20.1. The van der Waals surface area contributed by atoms with Crippen LogP contribution in [0.15, 0.2) is 51.7 Å². The van der Waals surface area contributed by atoms with Gasteiger partial charge < -0.3 is 19.2 Å². The Bertz CT molecular complexity index is 1030. The highest BCUT2D eigenvalue weighted by atomic mass is 19.3. The summed E-state index contributed by atoms with van der Waals surface area (Å²) in [6.07, 6.45) is 0.0765. The number of hydrogen-bond donors (Lipinski definition) is 1. The van der Waals surface area contributed by atoms with E-state index in [1.54, 1.807) is 30.3 Å². The average molecular weight is 392 g/mol. The maximum Gasteiger partial charge on any atom is 0.419 e. The van der Waals surface area contributed by atoms with Gasteiger partial charge in [-0.2, -0.15) is 8.78 Å². The van der Waals surface area contributed by atoms with Crippen molar-refractivity contribution in [2.24, 2.45) is 0 Å². The number of fused-ring (bicyclic) bond motifs is 1. The fraction of sp³-hybridized carbons (Fsp3) is 0.263. The fourth-order valence-electron chi connectivity index (χ4n) is 2.74. The van der Waals surface area contributed by atoms with E-state index in [1.807, 2.05) is 0 Å². The first-order valence-corrected chi connectivity index (χ1v) is 8.44. The lowest BCUT2D eigenvalue weighted by molar-refractivity contribution is -0.121. The molecule has 0 saturated carbocycles. The van der Waals surface area contributed by atoms with Crippen LogP contribution in [-0.4, -0.2) is 24.2 Å². The molecule has 0 bridgehead atoms. The van der Waals surface area contributed by atoms with E-state index >= 15 is 0 Å². The highest BCUT2D eigenvalue weighted by Crippen LogP contribution is 2.29. The van der Waals surface area contributed by atoms with E-state index in [0.717, 1.165) is 0 Å². The van der Waals surface area contributed by atoms with E-state index in [4.69, 9.17) is 9.15 Å². The van der Waals surface area contributed by atoms with E-state index in [0.29, 0.717) is 16.7 Å². The summed E-state index contributed by atoms with van der Waals surface area (Å²) in [5.41, 5.74) is 1.74.